The van der Waals surface area contributed by atoms with Gasteiger partial charge in [-0.1, -0.05) is 24.3 Å². The molecule has 6 rings (SSSR count). The third kappa shape index (κ3) is 3.83. The van der Waals surface area contributed by atoms with Crippen LogP contribution in [-0.4, -0.2) is 42.8 Å². The van der Waals surface area contributed by atoms with Crippen LogP contribution in [0.5, 0.6) is 0 Å². The summed E-state index contributed by atoms with van der Waals surface area (Å²) in [5, 5.41) is 10.8. The predicted molar refractivity (Wildman–Crippen MR) is 135 cm³/mol. The number of nitrogens with one attached hydrogen (secondary N) is 2. The van der Waals surface area contributed by atoms with E-state index in [2.05, 4.69) is 38.6 Å². The summed E-state index contributed by atoms with van der Waals surface area (Å²) in [6.45, 7) is 0.748. The lowest BCUT2D eigenvalue weighted by molar-refractivity contribution is -0.123. The number of anilines is 1. The maximum Gasteiger partial charge on any atom is 0.227 e. The predicted octanol–water partition coefficient (Wildman–Crippen LogP) is 4.12. The Morgan fingerprint density at radius 3 is 2.88 bits per heavy atom. The zero-order valence-electron chi connectivity index (χ0n) is 18.8. The van der Waals surface area contributed by atoms with Crippen LogP contribution in [0.3, 0.4) is 0 Å². The van der Waals surface area contributed by atoms with Gasteiger partial charge in [0.15, 0.2) is 5.82 Å². The molecule has 1 aliphatic carbocycles. The van der Waals surface area contributed by atoms with Gasteiger partial charge in [-0.2, -0.15) is 5.10 Å². The van der Waals surface area contributed by atoms with Gasteiger partial charge in [-0.3, -0.25) is 4.79 Å². The van der Waals surface area contributed by atoms with E-state index in [9.17, 15) is 4.79 Å². The quantitative estimate of drug-likeness (QED) is 0.402. The van der Waals surface area contributed by atoms with Gasteiger partial charge in [0.2, 0.25) is 5.91 Å². The Morgan fingerprint density at radius 2 is 2.09 bits per heavy atom. The molecule has 8 nitrogen and oxygen atoms in total. The number of nitrogens with zero attached hydrogens (tertiary/aromatic N) is 4. The minimum absolute atomic E-state index is 0.0193. The van der Waals surface area contributed by atoms with Crippen molar-refractivity contribution in [3.63, 3.8) is 0 Å². The summed E-state index contributed by atoms with van der Waals surface area (Å²) in [5.74, 6) is 3.18. The van der Waals surface area contributed by atoms with Crippen LogP contribution < -0.4 is 11.1 Å². The number of nitrogens with two attached hydrogens (primary N) is 1. The highest BCUT2D eigenvalue weighted by atomic mass is 32.2. The molecule has 174 valence electrons. The van der Waals surface area contributed by atoms with Gasteiger partial charge in [0.05, 0.1) is 11.6 Å². The molecule has 1 aliphatic heterocycles. The fourth-order valence-electron chi connectivity index (χ4n) is 5.16. The summed E-state index contributed by atoms with van der Waals surface area (Å²) < 4.78 is 1.88. The Balaban J connectivity index is 1.22. The third-order valence-electron chi connectivity index (χ3n) is 7.07. The van der Waals surface area contributed by atoms with Crippen LogP contribution >= 0.6 is 11.8 Å². The smallest absolute Gasteiger partial charge is 0.227 e. The lowest BCUT2D eigenvalue weighted by atomic mass is 9.81. The van der Waals surface area contributed by atoms with Crippen LogP contribution in [0.2, 0.25) is 0 Å². The van der Waals surface area contributed by atoms with Crippen LogP contribution in [0, 0.1) is 11.8 Å². The van der Waals surface area contributed by atoms with E-state index in [1.807, 2.05) is 28.1 Å². The number of thioether (sulfide) groups is 1. The first-order valence-electron chi connectivity index (χ1n) is 11.8. The first kappa shape index (κ1) is 21.2. The van der Waals surface area contributed by atoms with Gasteiger partial charge in [-0.15, -0.1) is 11.8 Å². The monoisotopic (exact) mass is 473 g/mol. The summed E-state index contributed by atoms with van der Waals surface area (Å²) in [4.78, 5) is 25.1. The molecule has 0 saturated heterocycles. The standard InChI is InChI=1S/C25H27N7OS/c26-23-22-21(20-11-17-3-1-2-4-19(17)30-20)31-24(32(22)29-14-28-23)16-7-5-15(6-8-16)12-27-25(33)18-9-10-34-13-18/h1-4,9-11,14-16,18,30H,5-8,12-13H2,(H,27,33)(H2,26,28,29)/t15-,16-,18?. The lowest BCUT2D eigenvalue weighted by Crippen LogP contribution is -2.35. The molecule has 9 heteroatoms. The number of hydrogen-bond acceptors (Lipinski definition) is 6. The van der Waals surface area contributed by atoms with Crippen molar-refractivity contribution in [1.29, 1.82) is 0 Å². The number of amides is 1. The van der Waals surface area contributed by atoms with E-state index in [4.69, 9.17) is 10.7 Å². The molecule has 4 aromatic rings. The first-order chi connectivity index (χ1) is 16.7. The number of nitrogen functional groups attached to an aromatic ring is 1. The molecule has 0 spiro atoms. The number of imidazole rings is 1. The summed E-state index contributed by atoms with van der Waals surface area (Å²) in [7, 11) is 0. The van der Waals surface area contributed by atoms with E-state index in [1.165, 1.54) is 6.33 Å². The molecule has 0 bridgehead atoms. The Morgan fingerprint density at radius 1 is 1.24 bits per heavy atom. The number of benzene rings is 1. The fourth-order valence-corrected chi connectivity index (χ4v) is 6.04. The molecule has 4 heterocycles. The molecular weight excluding hydrogens is 446 g/mol. The molecule has 1 saturated carbocycles. The van der Waals surface area contributed by atoms with Crippen molar-refractivity contribution in [3.05, 3.63) is 54.0 Å². The zero-order chi connectivity index (χ0) is 23.1. The van der Waals surface area contributed by atoms with Gasteiger partial charge in [-0.05, 0) is 49.1 Å². The van der Waals surface area contributed by atoms with Gasteiger partial charge in [0.1, 0.15) is 23.4 Å². The zero-order valence-corrected chi connectivity index (χ0v) is 19.6. The maximum atomic E-state index is 12.3. The van der Waals surface area contributed by atoms with E-state index in [0.29, 0.717) is 17.7 Å². The number of rotatable bonds is 5. The molecule has 3 aromatic heterocycles. The van der Waals surface area contributed by atoms with Crippen LogP contribution in [0.15, 0.2) is 48.1 Å². The number of fused-ring (bicyclic) bond motifs is 2. The molecular formula is C25H27N7OS. The molecule has 1 fully saturated rings. The van der Waals surface area contributed by atoms with Crippen molar-refractivity contribution < 1.29 is 4.79 Å². The number of aromatic nitrogens is 5. The summed E-state index contributed by atoms with van der Waals surface area (Å²) >= 11 is 1.70. The van der Waals surface area contributed by atoms with E-state index in [0.717, 1.165) is 71.6 Å². The van der Waals surface area contributed by atoms with Crippen molar-refractivity contribution in [2.75, 3.05) is 18.0 Å². The number of para-hydroxylation sites is 1. The van der Waals surface area contributed by atoms with E-state index < -0.39 is 0 Å². The van der Waals surface area contributed by atoms with Gasteiger partial charge in [-0.25, -0.2) is 14.5 Å². The highest BCUT2D eigenvalue weighted by Gasteiger charge is 2.29. The second-order valence-corrected chi connectivity index (χ2v) is 10.2. The summed E-state index contributed by atoms with van der Waals surface area (Å²) in [6.07, 6.45) is 7.62. The topological polar surface area (TPSA) is 114 Å². The van der Waals surface area contributed by atoms with Gasteiger partial charge >= 0.3 is 0 Å². The van der Waals surface area contributed by atoms with Crippen molar-refractivity contribution >= 4 is 39.9 Å². The van der Waals surface area contributed by atoms with Gasteiger partial charge in [0.25, 0.3) is 0 Å². The van der Waals surface area contributed by atoms with E-state index in [1.54, 1.807) is 11.8 Å². The number of hydrogen-bond donors (Lipinski definition) is 3. The van der Waals surface area contributed by atoms with Crippen LogP contribution in [0.25, 0.3) is 27.8 Å². The number of aromatic amines is 1. The second-order valence-electron chi connectivity index (χ2n) is 9.23. The molecule has 1 atom stereocenters. The highest BCUT2D eigenvalue weighted by Crippen LogP contribution is 2.38. The van der Waals surface area contributed by atoms with Crippen LogP contribution in [-0.2, 0) is 4.79 Å². The summed E-state index contributed by atoms with van der Waals surface area (Å²) in [5.41, 5.74) is 9.82. The van der Waals surface area contributed by atoms with Gasteiger partial charge < -0.3 is 16.0 Å². The van der Waals surface area contributed by atoms with Crippen molar-refractivity contribution in [2.24, 2.45) is 11.8 Å². The lowest BCUT2D eigenvalue weighted by Gasteiger charge is -2.28. The Hall–Kier alpha value is -3.33. The minimum Gasteiger partial charge on any atom is -0.382 e. The average molecular weight is 474 g/mol. The highest BCUT2D eigenvalue weighted by molar-refractivity contribution is 8.02. The third-order valence-corrected chi connectivity index (χ3v) is 7.97. The average Bonchev–Trinajstić information content (AvgIpc) is 3.61. The Labute approximate surface area is 201 Å². The van der Waals surface area contributed by atoms with Crippen LogP contribution in [0.4, 0.5) is 5.82 Å². The van der Waals surface area contributed by atoms with Gasteiger partial charge in [0, 0.05) is 29.1 Å². The number of carbonyl (C=O) groups excluding carboxylic acids is 1. The van der Waals surface area contributed by atoms with Crippen LogP contribution in [0.1, 0.15) is 37.4 Å². The maximum absolute atomic E-state index is 12.3. The number of H-pyrrole nitrogens is 1. The Bertz CT molecular complexity index is 1350. The molecule has 2 aliphatic rings. The van der Waals surface area contributed by atoms with Crippen molar-refractivity contribution in [1.82, 2.24) is 29.9 Å². The molecule has 0 radical (unpaired) electrons. The fraction of sp³-hybridized carbons (Fsp3) is 0.360. The first-order valence-corrected chi connectivity index (χ1v) is 12.9. The second kappa shape index (κ2) is 8.79. The SMILES string of the molecule is Nc1ncnn2c1c(-c1cc3ccccc3[nH]1)nc2[C@H]1CC[C@H](CNC(=O)C2C=CSC2)CC1. The molecule has 1 amide bonds. The van der Waals surface area contributed by atoms with Crippen molar-refractivity contribution in [3.8, 4) is 11.4 Å². The van der Waals surface area contributed by atoms with Crippen molar-refractivity contribution in [2.45, 2.75) is 31.6 Å². The molecule has 34 heavy (non-hydrogen) atoms. The number of carbonyl (C=O) groups is 1. The minimum atomic E-state index is 0.0193. The molecule has 1 aromatic carbocycles. The Kier molecular flexibility index (Phi) is 5.49. The summed E-state index contributed by atoms with van der Waals surface area (Å²) in [6, 6.07) is 10.3. The normalized spacial score (nSPS) is 22.5. The molecule has 1 unspecified atom stereocenters. The largest absolute Gasteiger partial charge is 0.382 e. The molecule has 4 N–H and O–H groups in total. The van der Waals surface area contributed by atoms with E-state index >= 15 is 0 Å². The van der Waals surface area contributed by atoms with E-state index in [-0.39, 0.29) is 11.8 Å².